The van der Waals surface area contributed by atoms with Gasteiger partial charge in [0.25, 0.3) is 0 Å². The number of carbonyl (C=O) groups excluding carboxylic acids is 1. The Labute approximate surface area is 114 Å². The van der Waals surface area contributed by atoms with Gasteiger partial charge >= 0.3 is 5.97 Å². The molecule has 0 radical (unpaired) electrons. The Hall–Kier alpha value is -1.55. The average molecular weight is 262 g/mol. The lowest BCUT2D eigenvalue weighted by Crippen LogP contribution is -2.29. The topological polar surface area (TPSA) is 55.6 Å². The van der Waals surface area contributed by atoms with E-state index < -0.39 is 0 Å². The van der Waals surface area contributed by atoms with Gasteiger partial charge in [-0.15, -0.1) is 0 Å². The Morgan fingerprint density at radius 1 is 1.42 bits per heavy atom. The number of esters is 1. The number of methoxy groups -OCH3 is 1. The van der Waals surface area contributed by atoms with Crippen molar-refractivity contribution in [2.45, 2.75) is 38.3 Å². The summed E-state index contributed by atoms with van der Waals surface area (Å²) in [4.78, 5) is 14.2. The van der Waals surface area contributed by atoms with Crippen molar-refractivity contribution >= 4 is 11.7 Å². The van der Waals surface area contributed by atoms with Crippen LogP contribution >= 0.6 is 0 Å². The highest BCUT2D eigenvalue weighted by Crippen LogP contribution is 2.26. The second-order valence-electron chi connectivity index (χ2n) is 5.23. The van der Waals surface area contributed by atoms with E-state index in [2.05, 4.69) is 11.9 Å². The van der Waals surface area contributed by atoms with Gasteiger partial charge < -0.3 is 10.5 Å². The predicted molar refractivity (Wildman–Crippen MR) is 75.9 cm³/mol. The summed E-state index contributed by atoms with van der Waals surface area (Å²) < 4.78 is 4.83. The van der Waals surface area contributed by atoms with Crippen LogP contribution in [0.4, 0.5) is 5.69 Å². The summed E-state index contributed by atoms with van der Waals surface area (Å²) in [5.41, 5.74) is 7.85. The van der Waals surface area contributed by atoms with Crippen LogP contribution in [0.1, 0.15) is 41.6 Å². The standard InChI is InChI=1S/C15H22N2O2/c1-17(12-7-3-4-8-12)10-11-6-5-9-13(16)14(11)15(18)19-2/h5-6,9,12H,3-4,7-8,10,16H2,1-2H3. The molecule has 1 saturated carbocycles. The molecule has 0 spiro atoms. The fourth-order valence-electron chi connectivity index (χ4n) is 2.85. The minimum atomic E-state index is -0.354. The van der Waals surface area contributed by atoms with E-state index >= 15 is 0 Å². The van der Waals surface area contributed by atoms with Crippen LogP contribution in [-0.2, 0) is 11.3 Å². The van der Waals surface area contributed by atoms with Gasteiger partial charge in [-0.25, -0.2) is 4.79 Å². The maximum atomic E-state index is 11.8. The van der Waals surface area contributed by atoms with E-state index in [0.717, 1.165) is 12.1 Å². The summed E-state index contributed by atoms with van der Waals surface area (Å²) >= 11 is 0. The molecule has 1 aromatic carbocycles. The summed E-state index contributed by atoms with van der Waals surface area (Å²) in [7, 11) is 3.50. The Morgan fingerprint density at radius 2 is 2.11 bits per heavy atom. The quantitative estimate of drug-likeness (QED) is 0.669. The van der Waals surface area contributed by atoms with Gasteiger partial charge in [-0.3, -0.25) is 4.90 Å². The highest BCUT2D eigenvalue weighted by molar-refractivity contribution is 5.96. The normalized spacial score (nSPS) is 15.9. The zero-order chi connectivity index (χ0) is 13.8. The first-order valence-corrected chi connectivity index (χ1v) is 6.79. The van der Waals surface area contributed by atoms with E-state index in [-0.39, 0.29) is 5.97 Å². The van der Waals surface area contributed by atoms with Crippen LogP contribution in [0.2, 0.25) is 0 Å². The third-order valence-electron chi connectivity index (χ3n) is 3.94. The summed E-state index contributed by atoms with van der Waals surface area (Å²) in [6.07, 6.45) is 5.09. The maximum absolute atomic E-state index is 11.8. The summed E-state index contributed by atoms with van der Waals surface area (Å²) in [5.74, 6) is -0.354. The van der Waals surface area contributed by atoms with Crippen LogP contribution in [-0.4, -0.2) is 31.1 Å². The molecule has 2 rings (SSSR count). The Balaban J connectivity index is 2.19. The molecule has 0 amide bonds. The number of nitrogen functional groups attached to an aromatic ring is 1. The molecule has 4 nitrogen and oxygen atoms in total. The third-order valence-corrected chi connectivity index (χ3v) is 3.94. The zero-order valence-corrected chi connectivity index (χ0v) is 11.7. The van der Waals surface area contributed by atoms with Crippen molar-refractivity contribution in [3.05, 3.63) is 29.3 Å². The van der Waals surface area contributed by atoms with Gasteiger partial charge in [-0.05, 0) is 31.5 Å². The van der Waals surface area contributed by atoms with E-state index in [1.54, 1.807) is 6.07 Å². The molecule has 104 valence electrons. The Morgan fingerprint density at radius 3 is 2.74 bits per heavy atom. The Kier molecular flexibility index (Phi) is 4.43. The van der Waals surface area contributed by atoms with Gasteiger partial charge in [-0.2, -0.15) is 0 Å². The Bertz CT molecular complexity index is 453. The van der Waals surface area contributed by atoms with Crippen molar-refractivity contribution in [3.63, 3.8) is 0 Å². The first-order valence-electron chi connectivity index (χ1n) is 6.79. The van der Waals surface area contributed by atoms with Crippen LogP contribution in [0.25, 0.3) is 0 Å². The lowest BCUT2D eigenvalue weighted by Gasteiger charge is -2.25. The van der Waals surface area contributed by atoms with Crippen molar-refractivity contribution in [3.8, 4) is 0 Å². The number of hydrogen-bond acceptors (Lipinski definition) is 4. The fourth-order valence-corrected chi connectivity index (χ4v) is 2.85. The highest BCUT2D eigenvalue weighted by atomic mass is 16.5. The molecule has 0 bridgehead atoms. The number of nitrogens with zero attached hydrogens (tertiary/aromatic N) is 1. The minimum absolute atomic E-state index is 0.354. The number of hydrogen-bond donors (Lipinski definition) is 1. The molecule has 0 aliphatic heterocycles. The molecule has 19 heavy (non-hydrogen) atoms. The largest absolute Gasteiger partial charge is 0.465 e. The lowest BCUT2D eigenvalue weighted by atomic mass is 10.0. The summed E-state index contributed by atoms with van der Waals surface area (Å²) in [6.45, 7) is 0.736. The average Bonchev–Trinajstić information content (AvgIpc) is 2.92. The maximum Gasteiger partial charge on any atom is 0.340 e. The van der Waals surface area contributed by atoms with Gasteiger partial charge in [0.05, 0.1) is 12.7 Å². The van der Waals surface area contributed by atoms with E-state index in [4.69, 9.17) is 10.5 Å². The van der Waals surface area contributed by atoms with Gasteiger partial charge in [0.1, 0.15) is 0 Å². The van der Waals surface area contributed by atoms with Crippen molar-refractivity contribution in [1.29, 1.82) is 0 Å². The van der Waals surface area contributed by atoms with Gasteiger partial charge in [0, 0.05) is 18.3 Å². The molecule has 0 unspecified atom stereocenters. The molecule has 1 fully saturated rings. The van der Waals surface area contributed by atoms with Gasteiger partial charge in [0.2, 0.25) is 0 Å². The minimum Gasteiger partial charge on any atom is -0.465 e. The molecule has 4 heteroatoms. The van der Waals surface area contributed by atoms with Crippen LogP contribution in [0.15, 0.2) is 18.2 Å². The molecular weight excluding hydrogens is 240 g/mol. The SMILES string of the molecule is COC(=O)c1c(N)cccc1CN(C)C1CCCC1. The first kappa shape index (κ1) is 13.9. The molecular formula is C15H22N2O2. The first-order chi connectivity index (χ1) is 9.13. The van der Waals surface area contributed by atoms with E-state index in [0.29, 0.717) is 17.3 Å². The van der Waals surface area contributed by atoms with Crippen molar-refractivity contribution in [2.75, 3.05) is 19.9 Å². The molecule has 0 heterocycles. The zero-order valence-electron chi connectivity index (χ0n) is 11.7. The number of carbonyl (C=O) groups is 1. The predicted octanol–water partition coefficient (Wildman–Crippen LogP) is 2.43. The van der Waals surface area contributed by atoms with Gasteiger partial charge in [0.15, 0.2) is 0 Å². The van der Waals surface area contributed by atoms with E-state index in [9.17, 15) is 4.79 Å². The molecule has 1 aliphatic rings. The van der Waals surface area contributed by atoms with Crippen LogP contribution < -0.4 is 5.73 Å². The van der Waals surface area contributed by atoms with Crippen molar-refractivity contribution in [2.24, 2.45) is 0 Å². The van der Waals surface area contributed by atoms with Crippen molar-refractivity contribution < 1.29 is 9.53 Å². The second-order valence-corrected chi connectivity index (χ2v) is 5.23. The lowest BCUT2D eigenvalue weighted by molar-refractivity contribution is 0.0599. The molecule has 0 aromatic heterocycles. The number of ether oxygens (including phenoxy) is 1. The molecule has 0 atom stereocenters. The van der Waals surface area contributed by atoms with E-state index in [1.165, 1.54) is 32.8 Å². The number of nitrogens with two attached hydrogens (primary N) is 1. The van der Waals surface area contributed by atoms with Crippen LogP contribution in [0, 0.1) is 0 Å². The summed E-state index contributed by atoms with van der Waals surface area (Å²) in [5, 5.41) is 0. The monoisotopic (exact) mass is 262 g/mol. The van der Waals surface area contributed by atoms with Gasteiger partial charge in [-0.1, -0.05) is 25.0 Å². The second kappa shape index (κ2) is 6.06. The molecule has 1 aliphatic carbocycles. The molecule has 0 saturated heterocycles. The molecule has 2 N–H and O–H groups in total. The molecule has 1 aromatic rings. The third kappa shape index (κ3) is 3.07. The number of anilines is 1. The van der Waals surface area contributed by atoms with Crippen molar-refractivity contribution in [1.82, 2.24) is 4.90 Å². The number of rotatable bonds is 4. The van der Waals surface area contributed by atoms with Crippen LogP contribution in [0.5, 0.6) is 0 Å². The van der Waals surface area contributed by atoms with Crippen LogP contribution in [0.3, 0.4) is 0 Å². The highest BCUT2D eigenvalue weighted by Gasteiger charge is 2.22. The van der Waals surface area contributed by atoms with E-state index in [1.807, 2.05) is 12.1 Å². The smallest absolute Gasteiger partial charge is 0.340 e. The number of benzene rings is 1. The summed E-state index contributed by atoms with van der Waals surface area (Å²) in [6, 6.07) is 6.20. The fraction of sp³-hybridized carbons (Fsp3) is 0.533.